The Morgan fingerprint density at radius 3 is 1.23 bits per heavy atom. The summed E-state index contributed by atoms with van der Waals surface area (Å²) in [5.74, 6) is 0. The first kappa shape index (κ1) is 33.9. The van der Waals surface area contributed by atoms with E-state index in [1.54, 1.807) is 11.1 Å². The number of hydrogen-bond donors (Lipinski definition) is 0. The van der Waals surface area contributed by atoms with Crippen LogP contribution in [-0.4, -0.2) is 0 Å². The van der Waals surface area contributed by atoms with Crippen molar-refractivity contribution in [2.45, 2.75) is 187 Å². The lowest BCUT2D eigenvalue weighted by atomic mass is 9.97. The average molecular weight is 535 g/mol. The Morgan fingerprint density at radius 2 is 0.769 bits per heavy atom. The summed E-state index contributed by atoms with van der Waals surface area (Å²) in [6, 6.07) is 13.9. The highest BCUT2D eigenvalue weighted by Crippen LogP contribution is 2.33. The summed E-state index contributed by atoms with van der Waals surface area (Å²) in [4.78, 5) is 0. The Bertz CT molecular complexity index is 759. The molecule has 2 aliphatic carbocycles. The zero-order valence-corrected chi connectivity index (χ0v) is 26.6. The summed E-state index contributed by atoms with van der Waals surface area (Å²) in [6.45, 7) is 4.61. The number of aryl methyl sites for hydroxylation is 1. The third-order valence-corrected chi connectivity index (χ3v) is 8.94. The first-order valence-corrected chi connectivity index (χ1v) is 17.9. The third kappa shape index (κ3) is 16.5. The van der Waals surface area contributed by atoms with Crippen LogP contribution in [0.1, 0.15) is 185 Å². The SMILES string of the molecule is CCCCCCCCCCCCCCCc1cc2cccccc-2c1CCCCCCCCCCCCCC. The Morgan fingerprint density at radius 1 is 0.385 bits per heavy atom. The fraction of sp³-hybridized carbons (Fsp3) is 0.744. The van der Waals surface area contributed by atoms with Gasteiger partial charge in [0.25, 0.3) is 0 Å². The number of unbranched alkanes of at least 4 members (excludes halogenated alkanes) is 23. The predicted molar refractivity (Wildman–Crippen MR) is 177 cm³/mol. The van der Waals surface area contributed by atoms with E-state index in [9.17, 15) is 0 Å². The molecule has 0 aromatic rings. The lowest BCUT2D eigenvalue weighted by Crippen LogP contribution is -1.93. The Balaban J connectivity index is 1.59. The van der Waals surface area contributed by atoms with Gasteiger partial charge in [0.15, 0.2) is 0 Å². The molecule has 0 nitrogen and oxygen atoms in total. The van der Waals surface area contributed by atoms with Crippen LogP contribution in [0.15, 0.2) is 36.4 Å². The topological polar surface area (TPSA) is 0 Å². The van der Waals surface area contributed by atoms with Crippen molar-refractivity contribution >= 4 is 0 Å². The van der Waals surface area contributed by atoms with E-state index >= 15 is 0 Å². The lowest BCUT2D eigenvalue weighted by molar-refractivity contribution is 0.539. The number of rotatable bonds is 27. The molecule has 222 valence electrons. The highest BCUT2D eigenvalue weighted by atomic mass is 14.2. The lowest BCUT2D eigenvalue weighted by Gasteiger charge is -2.08. The summed E-state index contributed by atoms with van der Waals surface area (Å²) < 4.78 is 0. The quantitative estimate of drug-likeness (QED) is 0.0999. The molecule has 0 aromatic carbocycles. The first-order chi connectivity index (χ1) is 19.4. The summed E-state index contributed by atoms with van der Waals surface area (Å²) in [7, 11) is 0. The van der Waals surface area contributed by atoms with Gasteiger partial charge in [-0.15, -0.1) is 0 Å². The van der Waals surface area contributed by atoms with Gasteiger partial charge in [0, 0.05) is 0 Å². The number of fused-ring (bicyclic) bond motifs is 1. The minimum Gasteiger partial charge on any atom is -0.0654 e. The van der Waals surface area contributed by atoms with Crippen LogP contribution < -0.4 is 0 Å². The van der Waals surface area contributed by atoms with Crippen LogP contribution in [0.25, 0.3) is 11.1 Å². The van der Waals surface area contributed by atoms with Gasteiger partial charge in [-0.3, -0.25) is 0 Å². The molecule has 0 bridgehead atoms. The fourth-order valence-corrected chi connectivity index (χ4v) is 6.40. The van der Waals surface area contributed by atoms with Gasteiger partial charge < -0.3 is 0 Å². The average Bonchev–Trinajstić information content (AvgIpc) is 3.10. The summed E-state index contributed by atoms with van der Waals surface area (Å²) in [6.07, 6.45) is 38.4. The van der Waals surface area contributed by atoms with E-state index in [4.69, 9.17) is 0 Å². The molecule has 0 saturated carbocycles. The maximum Gasteiger partial charge on any atom is -0.0149 e. The van der Waals surface area contributed by atoms with Crippen LogP contribution in [0, 0.1) is 0 Å². The van der Waals surface area contributed by atoms with Crippen LogP contribution in [0.5, 0.6) is 0 Å². The molecule has 0 amide bonds. The molecule has 2 rings (SSSR count). The second kappa shape index (κ2) is 24.5. The van der Waals surface area contributed by atoms with E-state index in [0.717, 1.165) is 0 Å². The fourth-order valence-electron chi connectivity index (χ4n) is 6.40. The van der Waals surface area contributed by atoms with Crippen LogP contribution in [-0.2, 0) is 12.8 Å². The first-order valence-electron chi connectivity index (χ1n) is 17.9. The van der Waals surface area contributed by atoms with Gasteiger partial charge in [-0.05, 0) is 47.9 Å². The van der Waals surface area contributed by atoms with Crippen molar-refractivity contribution in [3.63, 3.8) is 0 Å². The highest BCUT2D eigenvalue weighted by Gasteiger charge is 2.14. The minimum absolute atomic E-state index is 1.28. The zero-order valence-electron chi connectivity index (χ0n) is 26.6. The molecule has 0 N–H and O–H groups in total. The summed E-state index contributed by atoms with van der Waals surface area (Å²) in [5.41, 5.74) is 6.31. The van der Waals surface area contributed by atoms with Crippen molar-refractivity contribution in [1.82, 2.24) is 0 Å². The molecule has 0 radical (unpaired) electrons. The zero-order chi connectivity index (χ0) is 27.6. The van der Waals surface area contributed by atoms with Crippen molar-refractivity contribution < 1.29 is 0 Å². The van der Waals surface area contributed by atoms with E-state index in [-0.39, 0.29) is 0 Å². The molecule has 0 atom stereocenters. The molecular formula is C39H66. The molecule has 0 spiro atoms. The van der Waals surface area contributed by atoms with E-state index in [1.165, 1.54) is 184 Å². The van der Waals surface area contributed by atoms with Gasteiger partial charge in [0.05, 0.1) is 0 Å². The smallest absolute Gasteiger partial charge is 0.0149 e. The third-order valence-electron chi connectivity index (χ3n) is 8.94. The Hall–Kier alpha value is -1.30. The standard InChI is InChI=1S/C39H66/c1-3-5-7-9-11-13-15-17-18-20-22-24-27-31-36-35-37-32-28-26-30-34-39(37)38(36)33-29-25-23-21-19-16-14-12-10-8-6-4-2/h26,28,30,32,34-35H,3-25,27,29,31,33H2,1-2H3. The van der Waals surface area contributed by atoms with E-state index in [1.807, 2.05) is 0 Å². The van der Waals surface area contributed by atoms with Crippen molar-refractivity contribution in [3.8, 4) is 11.1 Å². The largest absolute Gasteiger partial charge is 0.0654 e. The predicted octanol–water partition coefficient (Wildman–Crippen LogP) is 13.7. The highest BCUT2D eigenvalue weighted by molar-refractivity contribution is 5.73. The van der Waals surface area contributed by atoms with Crippen LogP contribution in [0.3, 0.4) is 0 Å². The molecule has 0 fully saturated rings. The molecule has 39 heavy (non-hydrogen) atoms. The van der Waals surface area contributed by atoms with Crippen LogP contribution in [0.2, 0.25) is 0 Å². The molecule has 0 aliphatic heterocycles. The molecule has 0 heterocycles. The van der Waals surface area contributed by atoms with Gasteiger partial charge >= 0.3 is 0 Å². The summed E-state index contributed by atoms with van der Waals surface area (Å²) in [5, 5.41) is 0. The second-order valence-electron chi connectivity index (χ2n) is 12.6. The van der Waals surface area contributed by atoms with Crippen LogP contribution >= 0.6 is 0 Å². The Kier molecular flexibility index (Phi) is 21.3. The summed E-state index contributed by atoms with van der Waals surface area (Å²) >= 11 is 0. The van der Waals surface area contributed by atoms with Crippen molar-refractivity contribution in [3.05, 3.63) is 47.5 Å². The molecule has 0 unspecified atom stereocenters. The maximum atomic E-state index is 2.52. The van der Waals surface area contributed by atoms with Gasteiger partial charge in [-0.1, -0.05) is 198 Å². The van der Waals surface area contributed by atoms with E-state index in [2.05, 4.69) is 50.2 Å². The maximum absolute atomic E-state index is 2.52. The molecular weight excluding hydrogens is 468 g/mol. The van der Waals surface area contributed by atoms with Gasteiger partial charge in [-0.2, -0.15) is 0 Å². The monoisotopic (exact) mass is 535 g/mol. The van der Waals surface area contributed by atoms with E-state index < -0.39 is 0 Å². The van der Waals surface area contributed by atoms with Crippen molar-refractivity contribution in [2.24, 2.45) is 0 Å². The van der Waals surface area contributed by atoms with E-state index in [0.29, 0.717) is 0 Å². The Labute approximate surface area is 245 Å². The van der Waals surface area contributed by atoms with Gasteiger partial charge in [-0.25, -0.2) is 0 Å². The molecule has 0 heteroatoms. The second-order valence-corrected chi connectivity index (χ2v) is 12.6. The van der Waals surface area contributed by atoms with Crippen molar-refractivity contribution in [1.29, 1.82) is 0 Å². The minimum atomic E-state index is 1.28. The molecule has 2 aliphatic rings. The van der Waals surface area contributed by atoms with Crippen molar-refractivity contribution in [2.75, 3.05) is 0 Å². The molecule has 0 saturated heterocycles. The van der Waals surface area contributed by atoms with Gasteiger partial charge in [0.1, 0.15) is 0 Å². The molecule has 0 aromatic heterocycles. The number of hydrogen-bond acceptors (Lipinski definition) is 0. The van der Waals surface area contributed by atoms with Crippen LogP contribution in [0.4, 0.5) is 0 Å². The van der Waals surface area contributed by atoms with Gasteiger partial charge in [0.2, 0.25) is 0 Å². The normalized spacial score (nSPS) is 11.5.